The number of hydrogen-bond acceptors (Lipinski definition) is 4. The quantitative estimate of drug-likeness (QED) is 0.584. The predicted octanol–water partition coefficient (Wildman–Crippen LogP) is 3.34. The van der Waals surface area contributed by atoms with Gasteiger partial charge in [-0.25, -0.2) is 4.79 Å². The Balaban J connectivity index is 2.11. The summed E-state index contributed by atoms with van der Waals surface area (Å²) in [5.74, 6) is -1.23. The minimum absolute atomic E-state index is 0.175. The van der Waals surface area contributed by atoms with Crippen molar-refractivity contribution < 1.29 is 14.8 Å². The van der Waals surface area contributed by atoms with E-state index in [4.69, 9.17) is 11.6 Å². The predicted molar refractivity (Wildman–Crippen MR) is 83.9 cm³/mol. The maximum absolute atomic E-state index is 11.3. The summed E-state index contributed by atoms with van der Waals surface area (Å²) in [4.78, 5) is 21.6. The highest BCUT2D eigenvalue weighted by Crippen LogP contribution is 2.25. The SMILES string of the molecule is O=C(O)c1nn(Cc2ccc(Cl)cc2)c2ccc([N+](=O)[O-])cc12. The second-order valence-corrected chi connectivity index (χ2v) is 5.33. The molecule has 0 saturated heterocycles. The lowest BCUT2D eigenvalue weighted by Crippen LogP contribution is -2.04. The molecule has 23 heavy (non-hydrogen) atoms. The second kappa shape index (κ2) is 5.69. The van der Waals surface area contributed by atoms with Crippen molar-refractivity contribution in [2.75, 3.05) is 0 Å². The van der Waals surface area contributed by atoms with E-state index in [-0.39, 0.29) is 16.8 Å². The van der Waals surface area contributed by atoms with Gasteiger partial charge in [-0.05, 0) is 23.8 Å². The number of nitro groups is 1. The molecule has 0 radical (unpaired) electrons. The molecule has 0 amide bonds. The lowest BCUT2D eigenvalue weighted by molar-refractivity contribution is -0.384. The van der Waals surface area contributed by atoms with E-state index in [0.29, 0.717) is 17.1 Å². The third kappa shape index (κ3) is 2.86. The lowest BCUT2D eigenvalue weighted by atomic mass is 10.2. The van der Waals surface area contributed by atoms with Crippen LogP contribution in [0.1, 0.15) is 16.1 Å². The van der Waals surface area contributed by atoms with Crippen LogP contribution in [0.2, 0.25) is 5.02 Å². The summed E-state index contributed by atoms with van der Waals surface area (Å²) in [6.45, 7) is 0.332. The standard InChI is InChI=1S/C15H10ClN3O4/c16-10-3-1-9(2-4-10)8-18-13-6-5-11(19(22)23)7-12(13)14(17-18)15(20)21/h1-7H,8H2,(H,20,21). The van der Waals surface area contributed by atoms with Gasteiger partial charge in [-0.1, -0.05) is 23.7 Å². The van der Waals surface area contributed by atoms with Gasteiger partial charge in [0.2, 0.25) is 0 Å². The summed E-state index contributed by atoms with van der Waals surface area (Å²) in [6, 6.07) is 11.1. The summed E-state index contributed by atoms with van der Waals surface area (Å²) >= 11 is 5.84. The average molecular weight is 332 g/mol. The van der Waals surface area contributed by atoms with Crippen molar-refractivity contribution in [3.05, 3.63) is 68.9 Å². The summed E-state index contributed by atoms with van der Waals surface area (Å²) < 4.78 is 1.51. The molecule has 1 aromatic heterocycles. The van der Waals surface area contributed by atoms with Crippen LogP contribution in [0.25, 0.3) is 10.9 Å². The Morgan fingerprint density at radius 2 is 1.96 bits per heavy atom. The number of benzene rings is 2. The molecule has 0 aliphatic rings. The van der Waals surface area contributed by atoms with Crippen LogP contribution >= 0.6 is 11.6 Å². The number of non-ortho nitro benzene ring substituents is 1. The van der Waals surface area contributed by atoms with E-state index in [1.165, 1.54) is 22.9 Å². The van der Waals surface area contributed by atoms with Gasteiger partial charge in [0, 0.05) is 22.5 Å². The molecule has 0 spiro atoms. The molecule has 0 aliphatic heterocycles. The zero-order valence-corrected chi connectivity index (χ0v) is 12.4. The first-order valence-corrected chi connectivity index (χ1v) is 6.96. The van der Waals surface area contributed by atoms with Crippen LogP contribution in [0, 0.1) is 10.1 Å². The van der Waals surface area contributed by atoms with Crippen molar-refractivity contribution in [3.8, 4) is 0 Å². The second-order valence-electron chi connectivity index (χ2n) is 4.90. The Morgan fingerprint density at radius 3 is 2.57 bits per heavy atom. The number of nitro benzene ring substituents is 1. The molecule has 1 N–H and O–H groups in total. The van der Waals surface area contributed by atoms with Crippen molar-refractivity contribution in [2.45, 2.75) is 6.54 Å². The monoisotopic (exact) mass is 331 g/mol. The van der Waals surface area contributed by atoms with Gasteiger partial charge in [0.1, 0.15) is 0 Å². The highest BCUT2D eigenvalue weighted by molar-refractivity contribution is 6.30. The smallest absolute Gasteiger partial charge is 0.357 e. The van der Waals surface area contributed by atoms with E-state index in [9.17, 15) is 20.0 Å². The molecule has 3 rings (SSSR count). The van der Waals surface area contributed by atoms with Crippen molar-refractivity contribution in [1.29, 1.82) is 0 Å². The molecule has 0 saturated carbocycles. The number of carbonyl (C=O) groups is 1. The fraction of sp³-hybridized carbons (Fsp3) is 0.0667. The maximum atomic E-state index is 11.3. The third-order valence-corrected chi connectivity index (χ3v) is 3.65. The summed E-state index contributed by atoms with van der Waals surface area (Å²) in [5.41, 5.74) is 1.01. The topological polar surface area (TPSA) is 98.3 Å². The normalized spacial score (nSPS) is 10.8. The molecule has 7 nitrogen and oxygen atoms in total. The van der Waals surface area contributed by atoms with Gasteiger partial charge in [-0.2, -0.15) is 5.10 Å². The highest BCUT2D eigenvalue weighted by Gasteiger charge is 2.19. The van der Waals surface area contributed by atoms with E-state index in [0.717, 1.165) is 5.56 Å². The summed E-state index contributed by atoms with van der Waals surface area (Å²) in [5, 5.41) is 25.0. The van der Waals surface area contributed by atoms with Crippen molar-refractivity contribution >= 4 is 34.2 Å². The first-order chi connectivity index (χ1) is 11.0. The number of fused-ring (bicyclic) bond motifs is 1. The van der Waals surface area contributed by atoms with Gasteiger partial charge in [-0.3, -0.25) is 14.8 Å². The number of aromatic nitrogens is 2. The number of carboxylic acids is 1. The van der Waals surface area contributed by atoms with E-state index in [1.807, 2.05) is 12.1 Å². The molecule has 8 heteroatoms. The van der Waals surface area contributed by atoms with Crippen LogP contribution in [-0.2, 0) is 6.54 Å². The Labute approximate surface area is 134 Å². The Hall–Kier alpha value is -2.93. The molecule has 116 valence electrons. The van der Waals surface area contributed by atoms with E-state index in [2.05, 4.69) is 5.10 Å². The van der Waals surface area contributed by atoms with Gasteiger partial charge < -0.3 is 5.11 Å². The zero-order valence-electron chi connectivity index (χ0n) is 11.6. The van der Waals surface area contributed by atoms with Gasteiger partial charge in [0.15, 0.2) is 5.69 Å². The molecule has 0 atom stereocenters. The summed E-state index contributed by atoms with van der Waals surface area (Å²) in [7, 11) is 0. The Bertz CT molecular complexity index is 918. The van der Waals surface area contributed by atoms with E-state index >= 15 is 0 Å². The largest absolute Gasteiger partial charge is 0.476 e. The number of carboxylic acid groups (broad SMARTS) is 1. The number of hydrogen-bond donors (Lipinski definition) is 1. The molecular weight excluding hydrogens is 322 g/mol. The fourth-order valence-electron chi connectivity index (χ4n) is 2.32. The minimum atomic E-state index is -1.23. The minimum Gasteiger partial charge on any atom is -0.476 e. The number of halogens is 1. The molecular formula is C15H10ClN3O4. The molecule has 3 aromatic rings. The van der Waals surface area contributed by atoms with Gasteiger partial charge >= 0.3 is 5.97 Å². The number of aromatic carboxylic acids is 1. The van der Waals surface area contributed by atoms with Crippen LogP contribution in [0.15, 0.2) is 42.5 Å². The highest BCUT2D eigenvalue weighted by atomic mass is 35.5. The van der Waals surface area contributed by atoms with Crippen LogP contribution in [-0.4, -0.2) is 25.8 Å². The van der Waals surface area contributed by atoms with E-state index in [1.54, 1.807) is 12.1 Å². The first-order valence-electron chi connectivity index (χ1n) is 6.58. The number of nitrogens with zero attached hydrogens (tertiary/aromatic N) is 3. The van der Waals surface area contributed by atoms with Gasteiger partial charge in [0.05, 0.1) is 17.0 Å². The fourth-order valence-corrected chi connectivity index (χ4v) is 2.45. The molecule has 1 heterocycles. The molecule has 0 unspecified atom stereocenters. The first kappa shape index (κ1) is 15.0. The average Bonchev–Trinajstić information content (AvgIpc) is 2.88. The summed E-state index contributed by atoms with van der Waals surface area (Å²) in [6.07, 6.45) is 0. The van der Waals surface area contributed by atoms with Crippen molar-refractivity contribution in [3.63, 3.8) is 0 Å². The van der Waals surface area contributed by atoms with Gasteiger partial charge in [0.25, 0.3) is 5.69 Å². The van der Waals surface area contributed by atoms with Crippen LogP contribution in [0.3, 0.4) is 0 Å². The van der Waals surface area contributed by atoms with Crippen molar-refractivity contribution in [1.82, 2.24) is 9.78 Å². The van der Waals surface area contributed by atoms with Crippen LogP contribution in [0.4, 0.5) is 5.69 Å². The van der Waals surface area contributed by atoms with E-state index < -0.39 is 10.9 Å². The Kier molecular flexibility index (Phi) is 3.71. The molecule has 0 aliphatic carbocycles. The zero-order chi connectivity index (χ0) is 16.6. The van der Waals surface area contributed by atoms with Gasteiger partial charge in [-0.15, -0.1) is 0 Å². The molecule has 0 bridgehead atoms. The maximum Gasteiger partial charge on any atom is 0.357 e. The molecule has 0 fully saturated rings. The van der Waals surface area contributed by atoms with Crippen LogP contribution < -0.4 is 0 Å². The number of rotatable bonds is 4. The molecule has 2 aromatic carbocycles. The Morgan fingerprint density at radius 1 is 1.26 bits per heavy atom. The van der Waals surface area contributed by atoms with Crippen LogP contribution in [0.5, 0.6) is 0 Å². The lowest BCUT2D eigenvalue weighted by Gasteiger charge is -2.04. The third-order valence-electron chi connectivity index (χ3n) is 3.39. The van der Waals surface area contributed by atoms with Crippen molar-refractivity contribution in [2.24, 2.45) is 0 Å².